The SMILES string of the molecule is COC(C)c1nc(CN2CCCN(CC(C)(C)N)CC2)cs1.Cl. The summed E-state index contributed by atoms with van der Waals surface area (Å²) in [5.74, 6) is 0. The average molecular weight is 363 g/mol. The van der Waals surface area contributed by atoms with Gasteiger partial charge in [0.05, 0.1) is 5.69 Å². The summed E-state index contributed by atoms with van der Waals surface area (Å²) >= 11 is 1.69. The zero-order valence-electron chi connectivity index (χ0n) is 14.7. The monoisotopic (exact) mass is 362 g/mol. The molecular formula is C16H31ClN4OS. The first-order valence-electron chi connectivity index (χ1n) is 8.08. The van der Waals surface area contributed by atoms with E-state index >= 15 is 0 Å². The van der Waals surface area contributed by atoms with Crippen LogP contribution in [-0.4, -0.2) is 60.2 Å². The molecule has 1 aliphatic rings. The predicted octanol–water partition coefficient (Wildman–Crippen LogP) is 2.52. The molecule has 0 radical (unpaired) electrons. The molecule has 7 heteroatoms. The lowest BCUT2D eigenvalue weighted by molar-refractivity contribution is 0.119. The van der Waals surface area contributed by atoms with Gasteiger partial charge in [-0.1, -0.05) is 0 Å². The summed E-state index contributed by atoms with van der Waals surface area (Å²) in [5, 5.41) is 3.23. The van der Waals surface area contributed by atoms with E-state index in [1.165, 1.54) is 6.42 Å². The van der Waals surface area contributed by atoms with Crippen molar-refractivity contribution in [3.8, 4) is 0 Å². The quantitative estimate of drug-likeness (QED) is 0.842. The van der Waals surface area contributed by atoms with Gasteiger partial charge >= 0.3 is 0 Å². The van der Waals surface area contributed by atoms with Crippen molar-refractivity contribution in [2.75, 3.05) is 39.8 Å². The first-order valence-corrected chi connectivity index (χ1v) is 8.96. The summed E-state index contributed by atoms with van der Waals surface area (Å²) in [5.41, 5.74) is 7.19. The van der Waals surface area contributed by atoms with Crippen molar-refractivity contribution >= 4 is 23.7 Å². The van der Waals surface area contributed by atoms with Crippen LogP contribution >= 0.6 is 23.7 Å². The fourth-order valence-corrected chi connectivity index (χ4v) is 3.67. The second-order valence-electron chi connectivity index (χ2n) is 6.95. The number of nitrogens with two attached hydrogens (primary N) is 1. The lowest BCUT2D eigenvalue weighted by Crippen LogP contribution is -2.46. The Bertz CT molecular complexity index is 463. The second-order valence-corrected chi connectivity index (χ2v) is 7.84. The van der Waals surface area contributed by atoms with Gasteiger partial charge in [-0.25, -0.2) is 4.98 Å². The van der Waals surface area contributed by atoms with Crippen molar-refractivity contribution in [1.29, 1.82) is 0 Å². The van der Waals surface area contributed by atoms with Crippen LogP contribution in [0, 0.1) is 0 Å². The molecule has 1 aromatic heterocycles. The number of rotatable bonds is 6. The number of ether oxygens (including phenoxy) is 1. The van der Waals surface area contributed by atoms with Gasteiger partial charge in [-0.3, -0.25) is 4.90 Å². The number of hydrogen-bond donors (Lipinski definition) is 1. The molecule has 2 heterocycles. The van der Waals surface area contributed by atoms with E-state index in [4.69, 9.17) is 15.5 Å². The zero-order valence-corrected chi connectivity index (χ0v) is 16.4. The van der Waals surface area contributed by atoms with Crippen molar-refractivity contribution in [1.82, 2.24) is 14.8 Å². The van der Waals surface area contributed by atoms with Gasteiger partial charge in [-0.2, -0.15) is 0 Å². The van der Waals surface area contributed by atoms with Gasteiger partial charge in [-0.05, 0) is 40.3 Å². The maximum atomic E-state index is 6.14. The lowest BCUT2D eigenvalue weighted by atomic mass is 10.1. The molecule has 0 aliphatic carbocycles. The standard InChI is InChI=1S/C16H30N4OS.ClH/c1-13(21-4)15-18-14(11-22-15)10-19-6-5-7-20(9-8-19)12-16(2,3)17;/h11,13H,5-10,12,17H2,1-4H3;1H. The van der Waals surface area contributed by atoms with E-state index in [1.807, 2.05) is 6.92 Å². The van der Waals surface area contributed by atoms with Crippen LogP contribution in [0.2, 0.25) is 0 Å². The number of methoxy groups -OCH3 is 1. The molecule has 134 valence electrons. The Labute approximate surface area is 150 Å². The van der Waals surface area contributed by atoms with Crippen LogP contribution < -0.4 is 5.73 Å². The maximum absolute atomic E-state index is 6.14. The highest BCUT2D eigenvalue weighted by Crippen LogP contribution is 2.21. The number of aromatic nitrogens is 1. The molecule has 1 aromatic rings. The maximum Gasteiger partial charge on any atom is 0.122 e. The molecule has 1 unspecified atom stereocenters. The van der Waals surface area contributed by atoms with E-state index in [9.17, 15) is 0 Å². The highest BCUT2D eigenvalue weighted by molar-refractivity contribution is 7.09. The Balaban J connectivity index is 0.00000264. The summed E-state index contributed by atoms with van der Waals surface area (Å²) in [6.07, 6.45) is 1.28. The normalized spacial score (nSPS) is 19.2. The van der Waals surface area contributed by atoms with E-state index in [0.717, 1.165) is 50.0 Å². The molecule has 0 bridgehead atoms. The summed E-state index contributed by atoms with van der Waals surface area (Å²) in [7, 11) is 1.73. The van der Waals surface area contributed by atoms with E-state index in [2.05, 4.69) is 29.0 Å². The second kappa shape index (κ2) is 9.30. The first-order chi connectivity index (χ1) is 10.4. The minimum absolute atomic E-state index is 0. The van der Waals surface area contributed by atoms with Crippen molar-refractivity contribution in [2.45, 2.75) is 45.4 Å². The van der Waals surface area contributed by atoms with Crippen molar-refractivity contribution in [3.05, 3.63) is 16.1 Å². The summed E-state index contributed by atoms with van der Waals surface area (Å²) in [6, 6.07) is 0. The van der Waals surface area contributed by atoms with Crippen molar-refractivity contribution < 1.29 is 4.74 Å². The molecule has 1 aliphatic heterocycles. The molecule has 1 atom stereocenters. The Morgan fingerprint density at radius 2 is 1.96 bits per heavy atom. The first kappa shape index (κ1) is 20.8. The lowest BCUT2D eigenvalue weighted by Gasteiger charge is -2.28. The minimum atomic E-state index is -0.116. The number of nitrogens with zero attached hydrogens (tertiary/aromatic N) is 3. The highest BCUT2D eigenvalue weighted by Gasteiger charge is 2.21. The third-order valence-corrected chi connectivity index (χ3v) is 5.02. The zero-order chi connectivity index (χ0) is 16.2. The molecule has 1 saturated heterocycles. The molecule has 1 fully saturated rings. The van der Waals surface area contributed by atoms with Crippen molar-refractivity contribution in [2.24, 2.45) is 5.73 Å². The van der Waals surface area contributed by atoms with E-state index in [-0.39, 0.29) is 24.0 Å². The Morgan fingerprint density at radius 1 is 1.30 bits per heavy atom. The van der Waals surface area contributed by atoms with E-state index in [1.54, 1.807) is 18.4 Å². The summed E-state index contributed by atoms with van der Waals surface area (Å²) < 4.78 is 5.34. The molecular weight excluding hydrogens is 332 g/mol. The van der Waals surface area contributed by atoms with Gasteiger partial charge in [0.25, 0.3) is 0 Å². The van der Waals surface area contributed by atoms with Crippen LogP contribution in [0.25, 0.3) is 0 Å². The van der Waals surface area contributed by atoms with Gasteiger partial charge < -0.3 is 15.4 Å². The van der Waals surface area contributed by atoms with Gasteiger partial charge in [0.2, 0.25) is 0 Å². The van der Waals surface area contributed by atoms with E-state index in [0.29, 0.717) is 0 Å². The highest BCUT2D eigenvalue weighted by atomic mass is 35.5. The fraction of sp³-hybridized carbons (Fsp3) is 0.812. The third kappa shape index (κ3) is 7.03. The van der Waals surface area contributed by atoms with Crippen LogP contribution in [0.4, 0.5) is 0 Å². The molecule has 0 spiro atoms. The smallest absolute Gasteiger partial charge is 0.122 e. The van der Waals surface area contributed by atoms with Crippen LogP contribution in [-0.2, 0) is 11.3 Å². The van der Waals surface area contributed by atoms with Gasteiger partial charge in [-0.15, -0.1) is 23.7 Å². The number of hydrogen-bond acceptors (Lipinski definition) is 6. The van der Waals surface area contributed by atoms with Gasteiger partial charge in [0, 0.05) is 44.2 Å². The van der Waals surface area contributed by atoms with Crippen LogP contribution in [0.5, 0.6) is 0 Å². The predicted molar refractivity (Wildman–Crippen MR) is 99.4 cm³/mol. The van der Waals surface area contributed by atoms with Gasteiger partial charge in [0.15, 0.2) is 0 Å². The van der Waals surface area contributed by atoms with Crippen LogP contribution in [0.1, 0.15) is 44.0 Å². The van der Waals surface area contributed by atoms with Crippen LogP contribution in [0.15, 0.2) is 5.38 Å². The number of thiazole rings is 1. The van der Waals surface area contributed by atoms with Crippen LogP contribution in [0.3, 0.4) is 0 Å². The molecule has 2 N–H and O–H groups in total. The molecule has 2 rings (SSSR count). The van der Waals surface area contributed by atoms with Crippen molar-refractivity contribution in [3.63, 3.8) is 0 Å². The number of halogens is 1. The molecule has 23 heavy (non-hydrogen) atoms. The van der Waals surface area contributed by atoms with E-state index < -0.39 is 0 Å². The average Bonchev–Trinajstić information content (AvgIpc) is 2.79. The third-order valence-electron chi connectivity index (χ3n) is 3.97. The molecule has 0 amide bonds. The Morgan fingerprint density at radius 3 is 2.61 bits per heavy atom. The molecule has 0 saturated carbocycles. The molecule has 5 nitrogen and oxygen atoms in total. The summed E-state index contributed by atoms with van der Waals surface area (Å²) in [6.45, 7) is 12.6. The molecule has 0 aromatic carbocycles. The minimum Gasteiger partial charge on any atom is -0.375 e. The fourth-order valence-electron chi connectivity index (χ4n) is 2.83. The Hall–Kier alpha value is -0.240. The summed E-state index contributed by atoms with van der Waals surface area (Å²) in [4.78, 5) is 9.69. The topological polar surface area (TPSA) is 54.6 Å². The largest absolute Gasteiger partial charge is 0.375 e. The Kier molecular flexibility index (Phi) is 8.41. The van der Waals surface area contributed by atoms with Gasteiger partial charge in [0.1, 0.15) is 11.1 Å².